The summed E-state index contributed by atoms with van der Waals surface area (Å²) in [6, 6.07) is 6.52. The first-order valence-electron chi connectivity index (χ1n) is 6.91. The van der Waals surface area contributed by atoms with Crippen molar-refractivity contribution in [1.82, 2.24) is 5.32 Å². The molecule has 3 heteroatoms. The topological polar surface area (TPSA) is 21.3 Å². The van der Waals surface area contributed by atoms with Gasteiger partial charge in [-0.05, 0) is 78.3 Å². The summed E-state index contributed by atoms with van der Waals surface area (Å²) in [4.78, 5) is 0. The van der Waals surface area contributed by atoms with Crippen LogP contribution in [0.5, 0.6) is 5.75 Å². The predicted molar refractivity (Wildman–Crippen MR) is 79.2 cm³/mol. The molecule has 100 valence electrons. The molecule has 0 spiro atoms. The first kappa shape index (κ1) is 13.9. The molecule has 0 atom stereocenters. The molecule has 1 aromatic carbocycles. The molecule has 0 saturated carbocycles. The van der Waals surface area contributed by atoms with Crippen molar-refractivity contribution < 1.29 is 4.74 Å². The highest BCUT2D eigenvalue weighted by atomic mass is 79.9. The largest absolute Gasteiger partial charge is 0.492 e. The minimum Gasteiger partial charge on any atom is -0.492 e. The fourth-order valence-corrected chi connectivity index (χ4v) is 2.78. The lowest BCUT2D eigenvalue weighted by atomic mass is 9.91. The van der Waals surface area contributed by atoms with E-state index in [1.807, 2.05) is 0 Å². The third-order valence-electron chi connectivity index (χ3n) is 3.44. The molecule has 2 rings (SSSR count). The van der Waals surface area contributed by atoms with E-state index in [9.17, 15) is 0 Å². The highest BCUT2D eigenvalue weighted by Gasteiger charge is 2.14. The SMILES string of the molecule is CCCOc1cc(CC2CCNCC2)ccc1Br. The maximum absolute atomic E-state index is 5.76. The van der Waals surface area contributed by atoms with Gasteiger partial charge in [-0.15, -0.1) is 0 Å². The number of benzene rings is 1. The molecule has 0 aliphatic carbocycles. The smallest absolute Gasteiger partial charge is 0.133 e. The molecule has 0 radical (unpaired) electrons. The van der Waals surface area contributed by atoms with Gasteiger partial charge in [0.05, 0.1) is 11.1 Å². The summed E-state index contributed by atoms with van der Waals surface area (Å²) < 4.78 is 6.82. The van der Waals surface area contributed by atoms with Crippen molar-refractivity contribution in [3.05, 3.63) is 28.2 Å². The average Bonchev–Trinajstić information content (AvgIpc) is 2.40. The van der Waals surface area contributed by atoms with E-state index in [-0.39, 0.29) is 0 Å². The van der Waals surface area contributed by atoms with Crippen LogP contribution in [0.4, 0.5) is 0 Å². The van der Waals surface area contributed by atoms with Crippen LogP contribution < -0.4 is 10.1 Å². The highest BCUT2D eigenvalue weighted by Crippen LogP contribution is 2.28. The van der Waals surface area contributed by atoms with Crippen molar-refractivity contribution >= 4 is 15.9 Å². The summed E-state index contributed by atoms with van der Waals surface area (Å²) in [6.07, 6.45) is 4.81. The number of rotatable bonds is 5. The quantitative estimate of drug-likeness (QED) is 0.893. The minimum atomic E-state index is 0.787. The maximum atomic E-state index is 5.76. The predicted octanol–water partition coefficient (Wildman–Crippen LogP) is 3.78. The lowest BCUT2D eigenvalue weighted by Crippen LogP contribution is -2.28. The van der Waals surface area contributed by atoms with Crippen LogP contribution in [-0.4, -0.2) is 19.7 Å². The van der Waals surface area contributed by atoms with E-state index in [2.05, 4.69) is 46.4 Å². The number of piperidine rings is 1. The first-order chi connectivity index (χ1) is 8.79. The van der Waals surface area contributed by atoms with Crippen LogP contribution in [0.2, 0.25) is 0 Å². The summed E-state index contributed by atoms with van der Waals surface area (Å²) in [5.41, 5.74) is 1.40. The van der Waals surface area contributed by atoms with Gasteiger partial charge in [0.2, 0.25) is 0 Å². The molecule has 1 saturated heterocycles. The van der Waals surface area contributed by atoms with Gasteiger partial charge in [0.1, 0.15) is 5.75 Å². The molecule has 1 aromatic rings. The normalized spacial score (nSPS) is 16.8. The van der Waals surface area contributed by atoms with E-state index in [0.717, 1.165) is 29.2 Å². The van der Waals surface area contributed by atoms with Crippen LogP contribution in [0.15, 0.2) is 22.7 Å². The molecule has 0 bridgehead atoms. The van der Waals surface area contributed by atoms with Crippen molar-refractivity contribution in [2.24, 2.45) is 5.92 Å². The first-order valence-corrected chi connectivity index (χ1v) is 7.71. The van der Waals surface area contributed by atoms with E-state index < -0.39 is 0 Å². The van der Waals surface area contributed by atoms with Gasteiger partial charge in [0, 0.05) is 0 Å². The van der Waals surface area contributed by atoms with Gasteiger partial charge in [-0.3, -0.25) is 0 Å². The lowest BCUT2D eigenvalue weighted by Gasteiger charge is -2.22. The molecule has 1 N–H and O–H groups in total. The third kappa shape index (κ3) is 3.99. The van der Waals surface area contributed by atoms with Crippen molar-refractivity contribution in [2.75, 3.05) is 19.7 Å². The van der Waals surface area contributed by atoms with Crippen molar-refractivity contribution in [1.29, 1.82) is 0 Å². The summed E-state index contributed by atoms with van der Waals surface area (Å²) in [5, 5.41) is 3.42. The van der Waals surface area contributed by atoms with Gasteiger partial charge in [-0.1, -0.05) is 13.0 Å². The molecule has 0 aromatic heterocycles. The second-order valence-electron chi connectivity index (χ2n) is 5.01. The minimum absolute atomic E-state index is 0.787. The molecular weight excluding hydrogens is 290 g/mol. The molecule has 0 amide bonds. The zero-order chi connectivity index (χ0) is 12.8. The van der Waals surface area contributed by atoms with Crippen molar-refractivity contribution in [3.8, 4) is 5.75 Å². The Morgan fingerprint density at radius 1 is 1.33 bits per heavy atom. The molecule has 0 unspecified atom stereocenters. The Hall–Kier alpha value is -0.540. The highest BCUT2D eigenvalue weighted by molar-refractivity contribution is 9.10. The van der Waals surface area contributed by atoms with E-state index in [1.165, 1.54) is 37.9 Å². The Morgan fingerprint density at radius 2 is 2.11 bits per heavy atom. The van der Waals surface area contributed by atoms with Gasteiger partial charge in [-0.25, -0.2) is 0 Å². The number of ether oxygens (including phenoxy) is 1. The van der Waals surface area contributed by atoms with E-state index >= 15 is 0 Å². The Bertz CT molecular complexity index is 375. The zero-order valence-electron chi connectivity index (χ0n) is 11.0. The monoisotopic (exact) mass is 311 g/mol. The molecular formula is C15H22BrNO. The average molecular weight is 312 g/mol. The Kier molecular flexibility index (Phi) is 5.51. The van der Waals surface area contributed by atoms with E-state index in [4.69, 9.17) is 4.74 Å². The molecule has 18 heavy (non-hydrogen) atoms. The zero-order valence-corrected chi connectivity index (χ0v) is 12.6. The third-order valence-corrected chi connectivity index (χ3v) is 4.10. The number of hydrogen-bond donors (Lipinski definition) is 1. The standard InChI is InChI=1S/C15H22BrNO/c1-2-9-18-15-11-13(3-4-14(15)16)10-12-5-7-17-8-6-12/h3-4,11-12,17H,2,5-10H2,1H3. The Morgan fingerprint density at radius 3 is 2.83 bits per heavy atom. The fraction of sp³-hybridized carbons (Fsp3) is 0.600. The summed E-state index contributed by atoms with van der Waals surface area (Å²) in [7, 11) is 0. The van der Waals surface area contributed by atoms with Gasteiger partial charge in [0.15, 0.2) is 0 Å². The molecule has 1 fully saturated rings. The summed E-state index contributed by atoms with van der Waals surface area (Å²) >= 11 is 3.55. The van der Waals surface area contributed by atoms with E-state index in [0.29, 0.717) is 0 Å². The second kappa shape index (κ2) is 7.15. The molecule has 1 aliphatic heterocycles. The van der Waals surface area contributed by atoms with Crippen LogP contribution in [0, 0.1) is 5.92 Å². The molecule has 1 aliphatic rings. The van der Waals surface area contributed by atoms with Crippen LogP contribution in [0.1, 0.15) is 31.7 Å². The molecule has 2 nitrogen and oxygen atoms in total. The maximum Gasteiger partial charge on any atom is 0.133 e. The second-order valence-corrected chi connectivity index (χ2v) is 5.87. The Labute approximate surface area is 118 Å². The van der Waals surface area contributed by atoms with Gasteiger partial charge >= 0.3 is 0 Å². The summed E-state index contributed by atoms with van der Waals surface area (Å²) in [5.74, 6) is 1.81. The lowest BCUT2D eigenvalue weighted by molar-refractivity contribution is 0.314. The van der Waals surface area contributed by atoms with Crippen molar-refractivity contribution in [3.63, 3.8) is 0 Å². The number of hydrogen-bond acceptors (Lipinski definition) is 2. The number of halogens is 1. The van der Waals surface area contributed by atoms with Crippen molar-refractivity contribution in [2.45, 2.75) is 32.6 Å². The van der Waals surface area contributed by atoms with Gasteiger partial charge in [-0.2, -0.15) is 0 Å². The Balaban J connectivity index is 1.99. The van der Waals surface area contributed by atoms with Crippen LogP contribution >= 0.6 is 15.9 Å². The van der Waals surface area contributed by atoms with Crippen LogP contribution in [0.25, 0.3) is 0 Å². The van der Waals surface area contributed by atoms with Gasteiger partial charge < -0.3 is 10.1 Å². The molecule has 1 heterocycles. The fourth-order valence-electron chi connectivity index (χ4n) is 2.42. The number of nitrogens with one attached hydrogen (secondary N) is 1. The van der Waals surface area contributed by atoms with Crippen LogP contribution in [0.3, 0.4) is 0 Å². The van der Waals surface area contributed by atoms with E-state index in [1.54, 1.807) is 0 Å². The van der Waals surface area contributed by atoms with Gasteiger partial charge in [0.25, 0.3) is 0 Å². The summed E-state index contributed by atoms with van der Waals surface area (Å²) in [6.45, 7) is 5.25. The van der Waals surface area contributed by atoms with Crippen LogP contribution in [-0.2, 0) is 6.42 Å².